The number of thioether (sulfide) groups is 1. The average molecular weight is 279 g/mol. The highest BCUT2D eigenvalue weighted by Gasteiger charge is 2.41. The first-order chi connectivity index (χ1) is 9.20. The summed E-state index contributed by atoms with van der Waals surface area (Å²) in [6.07, 6.45) is 6.44. The van der Waals surface area contributed by atoms with Gasteiger partial charge in [-0.1, -0.05) is 0 Å². The summed E-state index contributed by atoms with van der Waals surface area (Å²) in [5.74, 6) is 1.54. The number of nitrogens with zero attached hydrogens (tertiary/aromatic N) is 1. The molecule has 0 aromatic heterocycles. The maximum absolute atomic E-state index is 10.7. The van der Waals surface area contributed by atoms with Crippen molar-refractivity contribution in [2.45, 2.75) is 29.7 Å². The molecule has 1 aromatic carbocycles. The third kappa shape index (κ3) is 2.36. The van der Waals surface area contributed by atoms with Crippen molar-refractivity contribution in [1.29, 1.82) is 0 Å². The van der Waals surface area contributed by atoms with Gasteiger partial charge in [0.2, 0.25) is 6.08 Å². The smallest absolute Gasteiger partial charge is 0.235 e. The van der Waals surface area contributed by atoms with Gasteiger partial charge in [0.25, 0.3) is 0 Å². The summed E-state index contributed by atoms with van der Waals surface area (Å²) < 4.78 is 10.9. The summed E-state index contributed by atoms with van der Waals surface area (Å²) in [5, 5.41) is 0. The largest absolute Gasteiger partial charge is 0.496 e. The van der Waals surface area contributed by atoms with Crippen LogP contribution in [0.4, 0.5) is 0 Å². The topological polar surface area (TPSA) is 47.9 Å². The van der Waals surface area contributed by atoms with E-state index in [-0.39, 0.29) is 0 Å². The van der Waals surface area contributed by atoms with Crippen molar-refractivity contribution < 1.29 is 14.3 Å². The van der Waals surface area contributed by atoms with Crippen LogP contribution in [-0.2, 0) is 10.3 Å². The van der Waals surface area contributed by atoms with E-state index in [0.717, 1.165) is 41.2 Å². The van der Waals surface area contributed by atoms with Gasteiger partial charge in [0.1, 0.15) is 17.0 Å². The van der Waals surface area contributed by atoms with E-state index in [1.807, 2.05) is 18.4 Å². The van der Waals surface area contributed by atoms with Gasteiger partial charge in [0.15, 0.2) is 0 Å². The Morgan fingerprint density at radius 2 is 1.95 bits per heavy atom. The van der Waals surface area contributed by atoms with E-state index >= 15 is 0 Å². The lowest BCUT2D eigenvalue weighted by Gasteiger charge is -2.38. The minimum Gasteiger partial charge on any atom is -0.496 e. The average Bonchev–Trinajstić information content (AvgIpc) is 2.41. The molecule has 0 aliphatic heterocycles. The number of isocyanates is 1. The van der Waals surface area contributed by atoms with Crippen LogP contribution in [0.15, 0.2) is 22.0 Å². The number of benzene rings is 1. The number of hydrogen-bond acceptors (Lipinski definition) is 5. The highest BCUT2D eigenvalue weighted by molar-refractivity contribution is 7.98. The molecule has 0 atom stereocenters. The molecule has 0 radical (unpaired) electrons. The zero-order chi connectivity index (χ0) is 13.9. The zero-order valence-corrected chi connectivity index (χ0v) is 12.2. The molecule has 2 rings (SSSR count). The van der Waals surface area contributed by atoms with Crippen molar-refractivity contribution in [3.8, 4) is 11.5 Å². The summed E-state index contributed by atoms with van der Waals surface area (Å²) in [5.41, 5.74) is 0.441. The van der Waals surface area contributed by atoms with Crippen molar-refractivity contribution in [3.63, 3.8) is 0 Å². The normalized spacial score (nSPS) is 16.2. The molecule has 102 valence electrons. The standard InChI is InChI=1S/C14H17NO3S/c1-17-11-8-13(19-3)12(18-2)7-10(11)14(15-9-16)5-4-6-14/h7-8H,4-6H2,1-3H3. The first-order valence-electron chi connectivity index (χ1n) is 6.10. The van der Waals surface area contributed by atoms with Crippen LogP contribution in [0.25, 0.3) is 0 Å². The van der Waals surface area contributed by atoms with Gasteiger partial charge in [0.05, 0.1) is 19.1 Å². The molecule has 0 heterocycles. The third-order valence-electron chi connectivity index (χ3n) is 3.65. The maximum atomic E-state index is 10.7. The van der Waals surface area contributed by atoms with Crippen molar-refractivity contribution in [2.75, 3.05) is 20.5 Å². The number of carbonyl (C=O) groups excluding carboxylic acids is 1. The summed E-state index contributed by atoms with van der Waals surface area (Å²) in [7, 11) is 3.27. The molecule has 0 saturated heterocycles. The minimum absolute atomic E-state index is 0.475. The number of ether oxygens (including phenoxy) is 2. The monoisotopic (exact) mass is 279 g/mol. The molecule has 19 heavy (non-hydrogen) atoms. The molecule has 0 spiro atoms. The number of hydrogen-bond donors (Lipinski definition) is 0. The van der Waals surface area contributed by atoms with E-state index in [4.69, 9.17) is 9.47 Å². The molecule has 0 N–H and O–H groups in total. The van der Waals surface area contributed by atoms with Gasteiger partial charge in [-0.05, 0) is 37.7 Å². The van der Waals surface area contributed by atoms with Gasteiger partial charge in [-0.15, -0.1) is 11.8 Å². The Labute approximate surface area is 117 Å². The second-order valence-electron chi connectivity index (χ2n) is 4.50. The Morgan fingerprint density at radius 3 is 2.37 bits per heavy atom. The van der Waals surface area contributed by atoms with Crippen molar-refractivity contribution in [1.82, 2.24) is 0 Å². The van der Waals surface area contributed by atoms with Gasteiger partial charge in [-0.2, -0.15) is 4.99 Å². The summed E-state index contributed by atoms with van der Waals surface area (Å²) in [4.78, 5) is 15.7. The van der Waals surface area contributed by atoms with Gasteiger partial charge in [-0.25, -0.2) is 4.79 Å². The fourth-order valence-corrected chi connectivity index (χ4v) is 3.00. The molecule has 0 unspecified atom stereocenters. The highest BCUT2D eigenvalue weighted by Crippen LogP contribution is 2.50. The molecule has 1 fully saturated rings. The van der Waals surface area contributed by atoms with E-state index in [1.165, 1.54) is 0 Å². The van der Waals surface area contributed by atoms with Crippen LogP contribution in [0.3, 0.4) is 0 Å². The SMILES string of the molecule is COc1cc(C2(N=C=O)CCC2)c(OC)cc1SC. The molecular formula is C14H17NO3S. The van der Waals surface area contributed by atoms with E-state index in [2.05, 4.69) is 4.99 Å². The summed E-state index contributed by atoms with van der Waals surface area (Å²) in [6.45, 7) is 0. The lowest BCUT2D eigenvalue weighted by atomic mass is 9.72. The molecular weight excluding hydrogens is 262 g/mol. The van der Waals surface area contributed by atoms with Crippen LogP contribution in [0, 0.1) is 0 Å². The third-order valence-corrected chi connectivity index (χ3v) is 4.41. The van der Waals surface area contributed by atoms with Gasteiger partial charge in [-0.3, -0.25) is 0 Å². The second-order valence-corrected chi connectivity index (χ2v) is 5.34. The fourth-order valence-electron chi connectivity index (χ4n) is 2.43. The predicted molar refractivity (Wildman–Crippen MR) is 75.0 cm³/mol. The van der Waals surface area contributed by atoms with Crippen molar-refractivity contribution >= 4 is 17.8 Å². The number of methoxy groups -OCH3 is 2. The van der Waals surface area contributed by atoms with E-state index < -0.39 is 5.54 Å². The highest BCUT2D eigenvalue weighted by atomic mass is 32.2. The predicted octanol–water partition coefficient (Wildman–Crippen LogP) is 3.14. The Hall–Kier alpha value is -1.45. The van der Waals surface area contributed by atoms with Crippen LogP contribution in [0.5, 0.6) is 11.5 Å². The first-order valence-corrected chi connectivity index (χ1v) is 7.33. The van der Waals surface area contributed by atoms with Gasteiger partial charge >= 0.3 is 0 Å². The second kappa shape index (κ2) is 5.68. The van der Waals surface area contributed by atoms with E-state index in [9.17, 15) is 4.79 Å². The van der Waals surface area contributed by atoms with E-state index in [0.29, 0.717) is 0 Å². The summed E-state index contributed by atoms with van der Waals surface area (Å²) in [6, 6.07) is 3.88. The lowest BCUT2D eigenvalue weighted by molar-refractivity contribution is 0.244. The molecule has 1 aliphatic carbocycles. The lowest BCUT2D eigenvalue weighted by Crippen LogP contribution is -2.32. The van der Waals surface area contributed by atoms with Crippen LogP contribution in [0.1, 0.15) is 24.8 Å². The van der Waals surface area contributed by atoms with Gasteiger partial charge < -0.3 is 9.47 Å². The number of rotatable bonds is 5. The maximum Gasteiger partial charge on any atom is 0.235 e. The molecule has 1 saturated carbocycles. The van der Waals surface area contributed by atoms with Crippen LogP contribution in [0.2, 0.25) is 0 Å². The first kappa shape index (κ1) is 14.0. The molecule has 1 aliphatic rings. The zero-order valence-electron chi connectivity index (χ0n) is 11.4. The molecule has 1 aromatic rings. The molecule has 4 nitrogen and oxygen atoms in total. The van der Waals surface area contributed by atoms with Gasteiger partial charge in [0, 0.05) is 5.56 Å². The van der Waals surface area contributed by atoms with Crippen LogP contribution < -0.4 is 9.47 Å². The van der Waals surface area contributed by atoms with Crippen molar-refractivity contribution in [3.05, 3.63) is 17.7 Å². The van der Waals surface area contributed by atoms with Crippen molar-refractivity contribution in [2.24, 2.45) is 4.99 Å². The Balaban J connectivity index is 2.58. The quantitative estimate of drug-likeness (QED) is 0.472. The Morgan fingerprint density at radius 1 is 1.26 bits per heavy atom. The molecule has 0 amide bonds. The fraction of sp³-hybridized carbons (Fsp3) is 0.500. The molecule has 0 bridgehead atoms. The Kier molecular flexibility index (Phi) is 4.17. The molecule has 5 heteroatoms. The van der Waals surface area contributed by atoms with Crippen LogP contribution in [-0.4, -0.2) is 26.6 Å². The Bertz CT molecular complexity index is 520. The minimum atomic E-state index is -0.475. The summed E-state index contributed by atoms with van der Waals surface area (Å²) >= 11 is 1.59. The number of aliphatic imine (C=N–C) groups is 1. The van der Waals surface area contributed by atoms with Crippen LogP contribution >= 0.6 is 11.8 Å². The van der Waals surface area contributed by atoms with E-state index in [1.54, 1.807) is 32.1 Å².